The number of pyridine rings is 1. The molecule has 0 fully saturated rings. The van der Waals surface area contributed by atoms with Crippen LogP contribution >= 0.6 is 0 Å². The average molecular weight is 228 g/mol. The number of hydrogen-bond acceptors (Lipinski definition) is 4. The van der Waals surface area contributed by atoms with Crippen molar-refractivity contribution in [3.63, 3.8) is 0 Å². The Balaban J connectivity index is 2.48. The number of anilines is 1. The normalized spacial score (nSPS) is 10.3. The number of aryl methyl sites for hydroxylation is 2. The largest absolute Gasteiger partial charge is 0.370 e. The van der Waals surface area contributed by atoms with Gasteiger partial charge in [0.15, 0.2) is 0 Å². The SMILES string of the molecule is CCNc1cc(-c2cnccc2C)nc(C)n1. The van der Waals surface area contributed by atoms with Crippen molar-refractivity contribution >= 4 is 5.82 Å². The van der Waals surface area contributed by atoms with Gasteiger partial charge in [0, 0.05) is 30.6 Å². The molecule has 0 saturated carbocycles. The summed E-state index contributed by atoms with van der Waals surface area (Å²) in [7, 11) is 0. The summed E-state index contributed by atoms with van der Waals surface area (Å²) < 4.78 is 0. The fourth-order valence-corrected chi connectivity index (χ4v) is 1.71. The Bertz CT molecular complexity index is 523. The molecule has 0 aliphatic heterocycles. The molecule has 4 nitrogen and oxygen atoms in total. The molecule has 0 bridgehead atoms. The predicted octanol–water partition coefficient (Wildman–Crippen LogP) is 2.59. The van der Waals surface area contributed by atoms with Crippen molar-refractivity contribution in [3.8, 4) is 11.3 Å². The Morgan fingerprint density at radius 1 is 1.24 bits per heavy atom. The highest BCUT2D eigenvalue weighted by Crippen LogP contribution is 2.22. The zero-order valence-electron chi connectivity index (χ0n) is 10.4. The van der Waals surface area contributed by atoms with Crippen molar-refractivity contribution in [2.45, 2.75) is 20.8 Å². The summed E-state index contributed by atoms with van der Waals surface area (Å²) in [5.41, 5.74) is 3.14. The van der Waals surface area contributed by atoms with Crippen molar-refractivity contribution < 1.29 is 0 Å². The molecule has 2 aromatic heterocycles. The van der Waals surface area contributed by atoms with Gasteiger partial charge in [-0.3, -0.25) is 4.98 Å². The van der Waals surface area contributed by atoms with Crippen molar-refractivity contribution in [1.82, 2.24) is 15.0 Å². The summed E-state index contributed by atoms with van der Waals surface area (Å²) in [4.78, 5) is 12.9. The Morgan fingerprint density at radius 3 is 2.76 bits per heavy atom. The first-order valence-electron chi connectivity index (χ1n) is 5.71. The third kappa shape index (κ3) is 2.58. The van der Waals surface area contributed by atoms with Crippen molar-refractivity contribution in [2.75, 3.05) is 11.9 Å². The van der Waals surface area contributed by atoms with Crippen LogP contribution in [-0.2, 0) is 0 Å². The number of nitrogens with zero attached hydrogens (tertiary/aromatic N) is 3. The molecule has 17 heavy (non-hydrogen) atoms. The van der Waals surface area contributed by atoms with E-state index in [1.165, 1.54) is 5.56 Å². The van der Waals surface area contributed by atoms with Gasteiger partial charge in [0.1, 0.15) is 11.6 Å². The van der Waals surface area contributed by atoms with Gasteiger partial charge >= 0.3 is 0 Å². The Hall–Kier alpha value is -1.97. The van der Waals surface area contributed by atoms with E-state index in [2.05, 4.69) is 27.2 Å². The zero-order valence-corrected chi connectivity index (χ0v) is 10.4. The Labute approximate surface area is 101 Å². The van der Waals surface area contributed by atoms with Crippen LogP contribution in [0.15, 0.2) is 24.5 Å². The van der Waals surface area contributed by atoms with Crippen LogP contribution in [0.1, 0.15) is 18.3 Å². The van der Waals surface area contributed by atoms with E-state index >= 15 is 0 Å². The van der Waals surface area contributed by atoms with Gasteiger partial charge in [-0.1, -0.05) is 0 Å². The van der Waals surface area contributed by atoms with Crippen LogP contribution in [0.2, 0.25) is 0 Å². The first-order valence-corrected chi connectivity index (χ1v) is 5.71. The lowest BCUT2D eigenvalue weighted by Gasteiger charge is -2.08. The molecule has 0 saturated heterocycles. The molecule has 0 unspecified atom stereocenters. The smallest absolute Gasteiger partial charge is 0.130 e. The Morgan fingerprint density at radius 2 is 2.06 bits per heavy atom. The van der Waals surface area contributed by atoms with Crippen LogP contribution in [0.25, 0.3) is 11.3 Å². The highest BCUT2D eigenvalue weighted by atomic mass is 15.0. The maximum atomic E-state index is 4.46. The van der Waals surface area contributed by atoms with Gasteiger partial charge in [0.25, 0.3) is 0 Å². The highest BCUT2D eigenvalue weighted by molar-refractivity contribution is 5.64. The summed E-state index contributed by atoms with van der Waals surface area (Å²) in [6.45, 7) is 6.85. The molecule has 0 aromatic carbocycles. The zero-order chi connectivity index (χ0) is 12.3. The molecular formula is C13H16N4. The standard InChI is InChI=1S/C13H16N4/c1-4-15-13-7-12(16-10(3)17-13)11-8-14-6-5-9(11)2/h5-8H,4H2,1-3H3,(H,15,16,17). The monoisotopic (exact) mass is 228 g/mol. The fraction of sp³-hybridized carbons (Fsp3) is 0.308. The van der Waals surface area contributed by atoms with Crippen molar-refractivity contribution in [3.05, 3.63) is 35.9 Å². The highest BCUT2D eigenvalue weighted by Gasteiger charge is 2.06. The molecule has 0 atom stereocenters. The molecule has 2 aromatic rings. The quantitative estimate of drug-likeness (QED) is 0.877. The van der Waals surface area contributed by atoms with E-state index in [4.69, 9.17) is 0 Å². The summed E-state index contributed by atoms with van der Waals surface area (Å²) >= 11 is 0. The van der Waals surface area contributed by atoms with E-state index in [0.29, 0.717) is 0 Å². The lowest BCUT2D eigenvalue weighted by Crippen LogP contribution is -2.02. The minimum absolute atomic E-state index is 0.765. The van der Waals surface area contributed by atoms with Crippen LogP contribution in [0.5, 0.6) is 0 Å². The Kier molecular flexibility index (Phi) is 3.32. The first kappa shape index (κ1) is 11.5. The van der Waals surface area contributed by atoms with Gasteiger partial charge in [-0.05, 0) is 32.4 Å². The average Bonchev–Trinajstić information content (AvgIpc) is 2.29. The molecule has 1 N–H and O–H groups in total. The van der Waals surface area contributed by atoms with Gasteiger partial charge in [0.05, 0.1) is 5.69 Å². The number of nitrogens with one attached hydrogen (secondary N) is 1. The molecule has 2 heterocycles. The maximum Gasteiger partial charge on any atom is 0.130 e. The minimum atomic E-state index is 0.765. The second kappa shape index (κ2) is 4.91. The van der Waals surface area contributed by atoms with Crippen LogP contribution in [0, 0.1) is 13.8 Å². The molecular weight excluding hydrogens is 212 g/mol. The number of aromatic nitrogens is 3. The van der Waals surface area contributed by atoms with E-state index < -0.39 is 0 Å². The van der Waals surface area contributed by atoms with E-state index in [-0.39, 0.29) is 0 Å². The van der Waals surface area contributed by atoms with Crippen LogP contribution < -0.4 is 5.32 Å². The van der Waals surface area contributed by atoms with Gasteiger partial charge in [-0.15, -0.1) is 0 Å². The fourth-order valence-electron chi connectivity index (χ4n) is 1.71. The molecule has 0 spiro atoms. The van der Waals surface area contributed by atoms with Crippen LogP contribution in [0.3, 0.4) is 0 Å². The predicted molar refractivity (Wildman–Crippen MR) is 68.9 cm³/mol. The lowest BCUT2D eigenvalue weighted by molar-refractivity contribution is 1.04. The van der Waals surface area contributed by atoms with Crippen molar-refractivity contribution in [1.29, 1.82) is 0 Å². The molecule has 0 aliphatic carbocycles. The number of rotatable bonds is 3. The van der Waals surface area contributed by atoms with Crippen LogP contribution in [-0.4, -0.2) is 21.5 Å². The molecule has 0 amide bonds. The summed E-state index contributed by atoms with van der Waals surface area (Å²) in [6.07, 6.45) is 3.63. The first-order chi connectivity index (χ1) is 8.20. The molecule has 88 valence electrons. The molecule has 0 radical (unpaired) electrons. The van der Waals surface area contributed by atoms with Crippen LogP contribution in [0.4, 0.5) is 5.82 Å². The third-order valence-electron chi connectivity index (χ3n) is 2.51. The van der Waals surface area contributed by atoms with Gasteiger partial charge in [-0.25, -0.2) is 9.97 Å². The van der Waals surface area contributed by atoms with Gasteiger partial charge in [0.2, 0.25) is 0 Å². The van der Waals surface area contributed by atoms with Gasteiger partial charge in [-0.2, -0.15) is 0 Å². The lowest BCUT2D eigenvalue weighted by atomic mass is 10.1. The summed E-state index contributed by atoms with van der Waals surface area (Å²) in [5, 5.41) is 3.21. The minimum Gasteiger partial charge on any atom is -0.370 e. The summed E-state index contributed by atoms with van der Waals surface area (Å²) in [6, 6.07) is 3.94. The molecule has 4 heteroatoms. The van der Waals surface area contributed by atoms with E-state index in [0.717, 1.165) is 29.4 Å². The van der Waals surface area contributed by atoms with Gasteiger partial charge < -0.3 is 5.32 Å². The molecule has 2 rings (SSSR count). The van der Waals surface area contributed by atoms with E-state index in [1.54, 1.807) is 6.20 Å². The van der Waals surface area contributed by atoms with E-state index in [1.807, 2.05) is 32.2 Å². The van der Waals surface area contributed by atoms with E-state index in [9.17, 15) is 0 Å². The topological polar surface area (TPSA) is 50.7 Å². The molecule has 0 aliphatic rings. The maximum absolute atomic E-state index is 4.46. The second-order valence-electron chi connectivity index (χ2n) is 3.91. The second-order valence-corrected chi connectivity index (χ2v) is 3.91. The third-order valence-corrected chi connectivity index (χ3v) is 2.51. The van der Waals surface area contributed by atoms with Crippen molar-refractivity contribution in [2.24, 2.45) is 0 Å². The number of hydrogen-bond donors (Lipinski definition) is 1. The summed E-state index contributed by atoms with van der Waals surface area (Å²) in [5.74, 6) is 1.62.